The second kappa shape index (κ2) is 5.54. The molecule has 7 nitrogen and oxygen atoms in total. The zero-order chi connectivity index (χ0) is 15.8. The Balaban J connectivity index is 1.60. The molecule has 1 aliphatic rings. The molecule has 23 heavy (non-hydrogen) atoms. The van der Waals surface area contributed by atoms with Gasteiger partial charge in [0.05, 0.1) is 22.3 Å². The molecule has 3 aromatic heterocycles. The molecule has 0 saturated heterocycles. The molecule has 8 heteroatoms. The van der Waals surface area contributed by atoms with Gasteiger partial charge in [-0.3, -0.25) is 9.59 Å². The highest BCUT2D eigenvalue weighted by atomic mass is 32.1. The van der Waals surface area contributed by atoms with Crippen molar-refractivity contribution in [2.24, 2.45) is 5.92 Å². The van der Waals surface area contributed by atoms with Crippen LogP contribution in [0.3, 0.4) is 0 Å². The standard InChI is InChI=1S/C15H13N5O2S/c21-8-10-6-18-20-4-3-11(19-13(10)20)12-7-17-15(23-12)14(22)16-5-9-1-2-9/h3-4,6-9H,1-2,5H2,(H,16,22). The Morgan fingerprint density at radius 1 is 1.43 bits per heavy atom. The highest BCUT2D eigenvalue weighted by Gasteiger charge is 2.22. The first-order chi connectivity index (χ1) is 11.2. The van der Waals surface area contributed by atoms with Crippen LogP contribution >= 0.6 is 11.3 Å². The maximum atomic E-state index is 12.0. The van der Waals surface area contributed by atoms with E-state index in [4.69, 9.17) is 0 Å². The third kappa shape index (κ3) is 2.72. The number of nitrogens with zero attached hydrogens (tertiary/aromatic N) is 4. The monoisotopic (exact) mass is 327 g/mol. The molecule has 0 bridgehead atoms. The molecule has 0 aromatic carbocycles. The number of carbonyl (C=O) groups excluding carboxylic acids is 2. The topological polar surface area (TPSA) is 89.3 Å². The lowest BCUT2D eigenvalue weighted by Crippen LogP contribution is -2.25. The summed E-state index contributed by atoms with van der Waals surface area (Å²) in [6.45, 7) is 0.719. The second-order valence-corrected chi connectivity index (χ2v) is 6.51. The van der Waals surface area contributed by atoms with Gasteiger partial charge in [-0.2, -0.15) is 5.10 Å². The van der Waals surface area contributed by atoms with Crippen LogP contribution in [-0.2, 0) is 0 Å². The molecule has 4 rings (SSSR count). The summed E-state index contributed by atoms with van der Waals surface area (Å²) in [7, 11) is 0. The van der Waals surface area contributed by atoms with E-state index in [9.17, 15) is 9.59 Å². The lowest BCUT2D eigenvalue weighted by Gasteiger charge is -2.00. The summed E-state index contributed by atoms with van der Waals surface area (Å²) in [6, 6.07) is 1.79. The maximum absolute atomic E-state index is 12.0. The van der Waals surface area contributed by atoms with Gasteiger partial charge in [0, 0.05) is 18.9 Å². The molecule has 0 aliphatic heterocycles. The summed E-state index contributed by atoms with van der Waals surface area (Å²) in [6.07, 6.45) is 7.95. The summed E-state index contributed by atoms with van der Waals surface area (Å²) in [4.78, 5) is 32.4. The molecule has 3 aromatic rings. The summed E-state index contributed by atoms with van der Waals surface area (Å²) in [5.41, 5.74) is 1.59. The lowest BCUT2D eigenvalue weighted by molar-refractivity contribution is 0.0951. The van der Waals surface area contributed by atoms with Crippen LogP contribution in [0, 0.1) is 5.92 Å². The zero-order valence-corrected chi connectivity index (χ0v) is 12.9. The Morgan fingerprint density at radius 2 is 2.30 bits per heavy atom. The highest BCUT2D eigenvalue weighted by molar-refractivity contribution is 7.16. The lowest BCUT2D eigenvalue weighted by atomic mass is 10.3. The Labute approximate surface area is 135 Å². The molecule has 1 amide bonds. The number of nitrogens with one attached hydrogen (secondary N) is 1. The van der Waals surface area contributed by atoms with Crippen LogP contribution in [0.15, 0.2) is 24.7 Å². The van der Waals surface area contributed by atoms with Crippen LogP contribution in [0.1, 0.15) is 33.0 Å². The van der Waals surface area contributed by atoms with Gasteiger partial charge in [-0.1, -0.05) is 0 Å². The minimum atomic E-state index is -0.146. The number of rotatable bonds is 5. The average molecular weight is 327 g/mol. The quantitative estimate of drug-likeness (QED) is 0.722. The predicted molar refractivity (Wildman–Crippen MR) is 84.5 cm³/mol. The van der Waals surface area contributed by atoms with Crippen molar-refractivity contribution in [3.8, 4) is 10.6 Å². The van der Waals surface area contributed by atoms with Gasteiger partial charge in [0.2, 0.25) is 0 Å². The molecule has 0 spiro atoms. The number of amides is 1. The minimum absolute atomic E-state index is 0.146. The van der Waals surface area contributed by atoms with Crippen molar-refractivity contribution in [2.75, 3.05) is 6.54 Å². The molecule has 1 fully saturated rings. The maximum Gasteiger partial charge on any atom is 0.280 e. The van der Waals surface area contributed by atoms with Crippen molar-refractivity contribution >= 4 is 29.2 Å². The van der Waals surface area contributed by atoms with Gasteiger partial charge in [-0.05, 0) is 24.8 Å². The van der Waals surface area contributed by atoms with E-state index >= 15 is 0 Å². The van der Waals surface area contributed by atoms with Gasteiger partial charge >= 0.3 is 0 Å². The molecule has 0 radical (unpaired) electrons. The molecule has 1 N–H and O–H groups in total. The number of thiazole rings is 1. The average Bonchev–Trinajstić information content (AvgIpc) is 3.11. The van der Waals surface area contributed by atoms with E-state index in [2.05, 4.69) is 20.4 Å². The van der Waals surface area contributed by atoms with Crippen molar-refractivity contribution in [3.63, 3.8) is 0 Å². The van der Waals surface area contributed by atoms with E-state index in [-0.39, 0.29) is 5.91 Å². The van der Waals surface area contributed by atoms with Gasteiger partial charge in [0.15, 0.2) is 16.9 Å². The molecule has 1 aliphatic carbocycles. The highest BCUT2D eigenvalue weighted by Crippen LogP contribution is 2.28. The molecule has 0 unspecified atom stereocenters. The summed E-state index contributed by atoms with van der Waals surface area (Å²) in [5, 5.41) is 7.37. The molecule has 3 heterocycles. The third-order valence-electron chi connectivity index (χ3n) is 3.72. The van der Waals surface area contributed by atoms with Crippen LogP contribution in [0.5, 0.6) is 0 Å². The van der Waals surface area contributed by atoms with E-state index in [1.807, 2.05) is 0 Å². The largest absolute Gasteiger partial charge is 0.350 e. The first kappa shape index (κ1) is 14.0. The minimum Gasteiger partial charge on any atom is -0.350 e. The fourth-order valence-corrected chi connectivity index (χ4v) is 3.04. The van der Waals surface area contributed by atoms with Gasteiger partial charge < -0.3 is 5.32 Å². The molecular formula is C15H13N5O2S. The van der Waals surface area contributed by atoms with Gasteiger partial charge in [-0.15, -0.1) is 11.3 Å². The van der Waals surface area contributed by atoms with Crippen molar-refractivity contribution < 1.29 is 9.59 Å². The Kier molecular flexibility index (Phi) is 3.38. The van der Waals surface area contributed by atoms with E-state index in [0.717, 1.165) is 17.7 Å². The second-order valence-electron chi connectivity index (χ2n) is 5.48. The molecule has 0 atom stereocenters. The SMILES string of the molecule is O=Cc1cnn2ccc(-c3cnc(C(=O)NCC4CC4)s3)nc12. The fraction of sp³-hybridized carbons (Fsp3) is 0.267. The molecule has 1 saturated carbocycles. The van der Waals surface area contributed by atoms with Gasteiger partial charge in [0.25, 0.3) is 5.91 Å². The van der Waals surface area contributed by atoms with Crippen molar-refractivity contribution in [1.82, 2.24) is 24.9 Å². The summed E-state index contributed by atoms with van der Waals surface area (Å²) < 4.78 is 1.54. The summed E-state index contributed by atoms with van der Waals surface area (Å²) in [5.74, 6) is 0.484. The Hall–Kier alpha value is -2.61. The molecule has 116 valence electrons. The smallest absolute Gasteiger partial charge is 0.280 e. The first-order valence-corrected chi connectivity index (χ1v) is 8.10. The van der Waals surface area contributed by atoms with Crippen molar-refractivity contribution in [3.05, 3.63) is 35.2 Å². The number of hydrogen-bond donors (Lipinski definition) is 1. The first-order valence-electron chi connectivity index (χ1n) is 7.28. The number of aldehydes is 1. The number of carbonyl (C=O) groups is 2. The van der Waals surface area contributed by atoms with Crippen LogP contribution in [0.2, 0.25) is 0 Å². The zero-order valence-electron chi connectivity index (χ0n) is 12.1. The van der Waals surface area contributed by atoms with Crippen LogP contribution < -0.4 is 5.32 Å². The van der Waals surface area contributed by atoms with Gasteiger partial charge in [-0.25, -0.2) is 14.5 Å². The summed E-state index contributed by atoms with van der Waals surface area (Å²) >= 11 is 1.29. The number of fused-ring (bicyclic) bond motifs is 1. The van der Waals surface area contributed by atoms with Crippen LogP contribution in [-0.4, -0.2) is 38.3 Å². The predicted octanol–water partition coefficient (Wildman–Crippen LogP) is 1.81. The van der Waals surface area contributed by atoms with Crippen LogP contribution in [0.4, 0.5) is 0 Å². The Bertz CT molecular complexity index is 896. The Morgan fingerprint density at radius 3 is 3.09 bits per heavy atom. The molecular weight excluding hydrogens is 314 g/mol. The van der Waals surface area contributed by atoms with E-state index < -0.39 is 0 Å². The normalized spacial score (nSPS) is 14.1. The van der Waals surface area contributed by atoms with E-state index in [0.29, 0.717) is 27.8 Å². The van der Waals surface area contributed by atoms with Crippen molar-refractivity contribution in [2.45, 2.75) is 12.8 Å². The van der Waals surface area contributed by atoms with Crippen LogP contribution in [0.25, 0.3) is 16.2 Å². The third-order valence-corrected chi connectivity index (χ3v) is 4.74. The van der Waals surface area contributed by atoms with Gasteiger partial charge in [0.1, 0.15) is 0 Å². The van der Waals surface area contributed by atoms with E-state index in [1.165, 1.54) is 34.9 Å². The fourth-order valence-electron chi connectivity index (χ4n) is 2.24. The van der Waals surface area contributed by atoms with E-state index in [1.54, 1.807) is 18.5 Å². The number of aromatic nitrogens is 4. The number of hydrogen-bond acceptors (Lipinski definition) is 6. The van der Waals surface area contributed by atoms with Crippen molar-refractivity contribution in [1.29, 1.82) is 0 Å².